The van der Waals surface area contributed by atoms with Gasteiger partial charge in [-0.25, -0.2) is 4.79 Å². The van der Waals surface area contributed by atoms with Gasteiger partial charge in [0.25, 0.3) is 5.91 Å². The molecule has 4 nitrogen and oxygen atoms in total. The van der Waals surface area contributed by atoms with E-state index in [9.17, 15) is 9.59 Å². The van der Waals surface area contributed by atoms with E-state index in [4.69, 9.17) is 4.74 Å². The molecule has 1 saturated heterocycles. The molecule has 1 heterocycles. The standard InChI is InChI=1S/C20H21NO3S2/c1-13-3-8-17(11-14(13)2)21-18(22)12-24-19(23)15-4-6-16(7-5-15)20-25-9-10-26-20/h3-8,11,20H,9-10,12H2,1-2H3,(H,21,22). The molecule has 136 valence electrons. The summed E-state index contributed by atoms with van der Waals surface area (Å²) in [6.07, 6.45) is 0. The van der Waals surface area contributed by atoms with Gasteiger partial charge in [-0.05, 0) is 54.8 Å². The first kappa shape index (κ1) is 18.9. The minimum absolute atomic E-state index is 0.304. The van der Waals surface area contributed by atoms with E-state index < -0.39 is 5.97 Å². The van der Waals surface area contributed by atoms with Crippen molar-refractivity contribution in [1.82, 2.24) is 0 Å². The van der Waals surface area contributed by atoms with E-state index in [1.165, 1.54) is 5.56 Å². The molecule has 3 rings (SSSR count). The van der Waals surface area contributed by atoms with Crippen LogP contribution in [0.15, 0.2) is 42.5 Å². The number of thioether (sulfide) groups is 2. The van der Waals surface area contributed by atoms with Gasteiger partial charge >= 0.3 is 5.97 Å². The van der Waals surface area contributed by atoms with Crippen molar-refractivity contribution in [2.75, 3.05) is 23.4 Å². The summed E-state index contributed by atoms with van der Waals surface area (Å²) in [6.45, 7) is 3.69. The van der Waals surface area contributed by atoms with Crippen LogP contribution in [0.3, 0.4) is 0 Å². The topological polar surface area (TPSA) is 55.4 Å². The maximum atomic E-state index is 12.1. The molecule has 0 bridgehead atoms. The fraction of sp³-hybridized carbons (Fsp3) is 0.300. The van der Waals surface area contributed by atoms with Gasteiger partial charge < -0.3 is 10.1 Å². The van der Waals surface area contributed by atoms with E-state index in [0.717, 1.165) is 22.6 Å². The summed E-state index contributed by atoms with van der Waals surface area (Å²) < 4.78 is 5.57. The van der Waals surface area contributed by atoms with E-state index >= 15 is 0 Å². The lowest BCUT2D eigenvalue weighted by Gasteiger charge is -2.10. The molecule has 0 aromatic heterocycles. The summed E-state index contributed by atoms with van der Waals surface area (Å²) >= 11 is 3.84. The molecule has 1 aliphatic rings. The summed E-state index contributed by atoms with van der Waals surface area (Å²) in [4.78, 5) is 24.1. The Hall–Kier alpha value is -1.92. The Morgan fingerprint density at radius 3 is 2.38 bits per heavy atom. The third kappa shape index (κ3) is 4.83. The monoisotopic (exact) mass is 387 g/mol. The maximum absolute atomic E-state index is 12.1. The Kier molecular flexibility index (Phi) is 6.27. The van der Waals surface area contributed by atoms with Gasteiger partial charge in [-0.1, -0.05) is 18.2 Å². The van der Waals surface area contributed by atoms with Gasteiger partial charge in [0.1, 0.15) is 0 Å². The molecule has 2 aromatic carbocycles. The summed E-state index contributed by atoms with van der Waals surface area (Å²) in [5, 5.41) is 2.74. The predicted octanol–water partition coefficient (Wildman–Crippen LogP) is 4.58. The molecule has 0 atom stereocenters. The highest BCUT2D eigenvalue weighted by atomic mass is 32.2. The second-order valence-electron chi connectivity index (χ2n) is 6.12. The molecule has 0 saturated carbocycles. The minimum atomic E-state index is -0.487. The molecule has 1 aliphatic heterocycles. The van der Waals surface area contributed by atoms with E-state index in [-0.39, 0.29) is 12.5 Å². The average Bonchev–Trinajstić information content (AvgIpc) is 3.18. The Morgan fingerprint density at radius 2 is 1.73 bits per heavy atom. The van der Waals surface area contributed by atoms with Gasteiger partial charge in [0.05, 0.1) is 10.1 Å². The fourth-order valence-electron chi connectivity index (χ4n) is 2.56. The van der Waals surface area contributed by atoms with E-state index in [0.29, 0.717) is 15.8 Å². The molecule has 0 spiro atoms. The number of ether oxygens (including phenoxy) is 1. The predicted molar refractivity (Wildman–Crippen MR) is 109 cm³/mol. The van der Waals surface area contributed by atoms with Crippen LogP contribution in [0.25, 0.3) is 0 Å². The van der Waals surface area contributed by atoms with Gasteiger partial charge in [-0.3, -0.25) is 4.79 Å². The second-order valence-corrected chi connectivity index (χ2v) is 8.84. The summed E-state index contributed by atoms with van der Waals surface area (Å²) in [7, 11) is 0. The van der Waals surface area contributed by atoms with Crippen molar-refractivity contribution in [3.05, 3.63) is 64.7 Å². The van der Waals surface area contributed by atoms with Gasteiger partial charge in [-0.15, -0.1) is 23.5 Å². The number of carbonyl (C=O) groups excluding carboxylic acids is 2. The van der Waals surface area contributed by atoms with Gasteiger partial charge in [-0.2, -0.15) is 0 Å². The van der Waals surface area contributed by atoms with E-state index in [2.05, 4.69) is 5.32 Å². The third-order valence-corrected chi connectivity index (χ3v) is 7.27. The highest BCUT2D eigenvalue weighted by molar-refractivity contribution is 8.19. The molecular weight excluding hydrogens is 366 g/mol. The minimum Gasteiger partial charge on any atom is -0.452 e. The Bertz CT molecular complexity index is 799. The molecular formula is C20H21NO3S2. The lowest BCUT2D eigenvalue weighted by atomic mass is 10.1. The van der Waals surface area contributed by atoms with Crippen molar-refractivity contribution in [2.24, 2.45) is 0 Å². The maximum Gasteiger partial charge on any atom is 0.338 e. The fourth-order valence-corrected chi connectivity index (χ4v) is 5.42. The average molecular weight is 388 g/mol. The SMILES string of the molecule is Cc1ccc(NC(=O)COC(=O)c2ccc(C3SCCS3)cc2)cc1C. The number of rotatable bonds is 5. The first-order valence-corrected chi connectivity index (χ1v) is 10.5. The van der Waals surface area contributed by atoms with Crippen LogP contribution in [0.2, 0.25) is 0 Å². The number of esters is 1. The normalized spacial score (nSPS) is 14.2. The lowest BCUT2D eigenvalue weighted by Crippen LogP contribution is -2.21. The molecule has 1 fully saturated rings. The number of aryl methyl sites for hydroxylation is 2. The largest absolute Gasteiger partial charge is 0.452 e. The van der Waals surface area contributed by atoms with Crippen molar-refractivity contribution >= 4 is 41.1 Å². The van der Waals surface area contributed by atoms with Crippen molar-refractivity contribution < 1.29 is 14.3 Å². The Balaban J connectivity index is 1.51. The number of nitrogens with one attached hydrogen (secondary N) is 1. The molecule has 2 aromatic rings. The highest BCUT2D eigenvalue weighted by Crippen LogP contribution is 2.45. The van der Waals surface area contributed by atoms with Crippen LogP contribution in [0.1, 0.15) is 31.6 Å². The van der Waals surface area contributed by atoms with Crippen molar-refractivity contribution in [3.63, 3.8) is 0 Å². The number of amides is 1. The quantitative estimate of drug-likeness (QED) is 0.761. The number of anilines is 1. The Labute approximate surface area is 162 Å². The molecule has 26 heavy (non-hydrogen) atoms. The Morgan fingerprint density at radius 1 is 1.04 bits per heavy atom. The molecule has 1 N–H and O–H groups in total. The van der Waals surface area contributed by atoms with Crippen LogP contribution >= 0.6 is 23.5 Å². The third-order valence-electron chi connectivity index (χ3n) is 4.17. The number of hydrogen-bond acceptors (Lipinski definition) is 5. The number of hydrogen-bond donors (Lipinski definition) is 1. The van der Waals surface area contributed by atoms with Crippen LogP contribution in [-0.4, -0.2) is 30.0 Å². The molecule has 1 amide bonds. The van der Waals surface area contributed by atoms with Crippen molar-refractivity contribution in [2.45, 2.75) is 18.4 Å². The van der Waals surface area contributed by atoms with Crippen molar-refractivity contribution in [1.29, 1.82) is 0 Å². The highest BCUT2D eigenvalue weighted by Gasteiger charge is 2.19. The zero-order chi connectivity index (χ0) is 18.5. The smallest absolute Gasteiger partial charge is 0.338 e. The summed E-state index contributed by atoms with van der Waals surface area (Å²) in [5.74, 6) is 1.49. The van der Waals surface area contributed by atoms with Crippen LogP contribution in [0.4, 0.5) is 5.69 Å². The molecule has 0 unspecified atom stereocenters. The second kappa shape index (κ2) is 8.64. The first-order valence-electron chi connectivity index (χ1n) is 8.40. The number of carbonyl (C=O) groups is 2. The number of benzene rings is 2. The molecule has 6 heteroatoms. The lowest BCUT2D eigenvalue weighted by molar-refractivity contribution is -0.119. The zero-order valence-corrected chi connectivity index (χ0v) is 16.4. The molecule has 0 radical (unpaired) electrons. The summed E-state index contributed by atoms with van der Waals surface area (Å²) in [6, 6.07) is 13.1. The van der Waals surface area contributed by atoms with Gasteiger partial charge in [0, 0.05) is 17.2 Å². The van der Waals surface area contributed by atoms with Crippen LogP contribution in [-0.2, 0) is 9.53 Å². The van der Waals surface area contributed by atoms with E-state index in [1.807, 2.05) is 67.7 Å². The van der Waals surface area contributed by atoms with Crippen molar-refractivity contribution in [3.8, 4) is 0 Å². The van der Waals surface area contributed by atoms with Gasteiger partial charge in [0.2, 0.25) is 0 Å². The summed E-state index contributed by atoms with van der Waals surface area (Å²) in [5.41, 5.74) is 4.62. The van der Waals surface area contributed by atoms with Crippen LogP contribution < -0.4 is 5.32 Å². The molecule has 0 aliphatic carbocycles. The van der Waals surface area contributed by atoms with E-state index in [1.54, 1.807) is 12.1 Å². The van der Waals surface area contributed by atoms with Gasteiger partial charge in [0.15, 0.2) is 6.61 Å². The van der Waals surface area contributed by atoms with Crippen LogP contribution in [0, 0.1) is 13.8 Å². The zero-order valence-electron chi connectivity index (χ0n) is 14.8. The van der Waals surface area contributed by atoms with Crippen LogP contribution in [0.5, 0.6) is 0 Å². The first-order chi connectivity index (χ1) is 12.5.